The van der Waals surface area contributed by atoms with Crippen LogP contribution in [-0.2, 0) is 6.54 Å². The number of para-hydroxylation sites is 1. The van der Waals surface area contributed by atoms with Gasteiger partial charge in [0.1, 0.15) is 5.83 Å². The zero-order chi connectivity index (χ0) is 22.3. The number of rotatable bonds is 5. The van der Waals surface area contributed by atoms with Crippen LogP contribution in [0.2, 0.25) is 0 Å². The smallest absolute Gasteiger partial charge is 0.418 e. The van der Waals surface area contributed by atoms with Crippen molar-refractivity contribution in [3.8, 4) is 0 Å². The maximum atomic E-state index is 14.0. The summed E-state index contributed by atoms with van der Waals surface area (Å²) in [4.78, 5) is 12.0. The third kappa shape index (κ3) is 4.14. The Kier molecular flexibility index (Phi) is 5.58. The lowest BCUT2D eigenvalue weighted by Gasteiger charge is -2.39. The topological polar surface area (TPSA) is 62.5 Å². The van der Waals surface area contributed by atoms with Crippen LogP contribution in [0.4, 0.5) is 17.6 Å². The molecule has 8 heteroatoms. The normalized spacial score (nSPS) is 17.8. The highest BCUT2D eigenvalue weighted by Crippen LogP contribution is 2.46. The Morgan fingerprint density at radius 3 is 2.43 bits per heavy atom. The SMILES string of the molecule is CC(C)(CC(O)(Cn1ccc(=O)c2ccccc21)C(F)(F)F)C1=C(O)CCC(F)=C1. The molecule has 0 aliphatic heterocycles. The van der Waals surface area contributed by atoms with Gasteiger partial charge in [-0.05, 0) is 35.6 Å². The predicted molar refractivity (Wildman–Crippen MR) is 106 cm³/mol. The average molecular weight is 425 g/mol. The van der Waals surface area contributed by atoms with Crippen LogP contribution >= 0.6 is 0 Å². The summed E-state index contributed by atoms with van der Waals surface area (Å²) >= 11 is 0. The maximum absolute atomic E-state index is 14.0. The maximum Gasteiger partial charge on any atom is 0.418 e. The van der Waals surface area contributed by atoms with Gasteiger partial charge in [0, 0.05) is 30.5 Å². The van der Waals surface area contributed by atoms with Gasteiger partial charge in [-0.15, -0.1) is 0 Å². The van der Waals surface area contributed by atoms with Crippen molar-refractivity contribution in [2.75, 3.05) is 0 Å². The van der Waals surface area contributed by atoms with Crippen molar-refractivity contribution in [1.29, 1.82) is 0 Å². The van der Waals surface area contributed by atoms with Gasteiger partial charge in [0.2, 0.25) is 0 Å². The van der Waals surface area contributed by atoms with Crippen LogP contribution in [0.1, 0.15) is 33.1 Å². The van der Waals surface area contributed by atoms with E-state index >= 15 is 0 Å². The van der Waals surface area contributed by atoms with E-state index in [4.69, 9.17) is 0 Å². The Morgan fingerprint density at radius 1 is 1.10 bits per heavy atom. The molecule has 3 rings (SSSR count). The van der Waals surface area contributed by atoms with Gasteiger partial charge in [-0.3, -0.25) is 4.79 Å². The van der Waals surface area contributed by atoms with Gasteiger partial charge >= 0.3 is 6.18 Å². The molecule has 0 bridgehead atoms. The number of nitrogens with zero attached hydrogens (tertiary/aromatic N) is 1. The van der Waals surface area contributed by atoms with Crippen LogP contribution in [0.3, 0.4) is 0 Å². The lowest BCUT2D eigenvalue weighted by Crippen LogP contribution is -2.51. The highest BCUT2D eigenvalue weighted by Gasteiger charge is 2.56. The lowest BCUT2D eigenvalue weighted by molar-refractivity contribution is -0.273. The molecule has 0 saturated heterocycles. The molecular weight excluding hydrogens is 402 g/mol. The second kappa shape index (κ2) is 7.58. The van der Waals surface area contributed by atoms with Crippen molar-refractivity contribution in [1.82, 2.24) is 4.57 Å². The minimum absolute atomic E-state index is 0.00407. The second-order valence-corrected chi connectivity index (χ2v) is 8.37. The Labute approximate surface area is 170 Å². The van der Waals surface area contributed by atoms with E-state index in [1.165, 1.54) is 36.7 Å². The highest BCUT2D eigenvalue weighted by molar-refractivity contribution is 5.78. The first-order valence-corrected chi connectivity index (χ1v) is 9.50. The first-order chi connectivity index (χ1) is 13.8. The number of aliphatic hydroxyl groups excluding tert-OH is 1. The first-order valence-electron chi connectivity index (χ1n) is 9.50. The average Bonchev–Trinajstić information content (AvgIpc) is 2.65. The monoisotopic (exact) mass is 425 g/mol. The van der Waals surface area contributed by atoms with E-state index in [9.17, 15) is 32.6 Å². The molecule has 1 unspecified atom stereocenters. The van der Waals surface area contributed by atoms with Crippen molar-refractivity contribution in [2.24, 2.45) is 5.41 Å². The van der Waals surface area contributed by atoms with Crippen LogP contribution in [0, 0.1) is 5.41 Å². The molecule has 1 aromatic carbocycles. The highest BCUT2D eigenvalue weighted by atomic mass is 19.4. The zero-order valence-corrected chi connectivity index (χ0v) is 16.6. The number of aromatic nitrogens is 1. The molecule has 162 valence electrons. The van der Waals surface area contributed by atoms with E-state index in [1.807, 2.05) is 0 Å². The molecule has 30 heavy (non-hydrogen) atoms. The summed E-state index contributed by atoms with van der Waals surface area (Å²) in [5.74, 6) is -0.711. The number of hydrogen-bond donors (Lipinski definition) is 2. The summed E-state index contributed by atoms with van der Waals surface area (Å²) in [5, 5.41) is 21.2. The van der Waals surface area contributed by atoms with E-state index < -0.39 is 36.0 Å². The minimum Gasteiger partial charge on any atom is -0.512 e. The fourth-order valence-electron chi connectivity index (χ4n) is 4.02. The molecule has 2 aromatic rings. The van der Waals surface area contributed by atoms with Crippen molar-refractivity contribution in [3.63, 3.8) is 0 Å². The standard InChI is InChI=1S/C22H23F4NO3/c1-20(2,16-11-14(23)7-8-19(16)29)12-21(30,22(24,25)26)13-27-10-9-18(28)15-5-3-4-6-17(15)27/h3-6,9-11,29-30H,7-8,12-13H2,1-2H3. The third-order valence-corrected chi connectivity index (χ3v) is 5.52. The Morgan fingerprint density at radius 2 is 1.77 bits per heavy atom. The van der Waals surface area contributed by atoms with E-state index in [2.05, 4.69) is 0 Å². The number of aliphatic hydroxyl groups is 2. The van der Waals surface area contributed by atoms with E-state index in [0.29, 0.717) is 0 Å². The van der Waals surface area contributed by atoms with E-state index in [-0.39, 0.29) is 40.5 Å². The van der Waals surface area contributed by atoms with Crippen LogP contribution in [0.5, 0.6) is 0 Å². The number of halogens is 4. The second-order valence-electron chi connectivity index (χ2n) is 8.37. The number of fused-ring (bicyclic) bond motifs is 1. The van der Waals surface area contributed by atoms with Gasteiger partial charge < -0.3 is 14.8 Å². The summed E-state index contributed by atoms with van der Waals surface area (Å²) in [5.41, 5.74) is -4.60. The van der Waals surface area contributed by atoms with Crippen LogP contribution in [0.25, 0.3) is 10.9 Å². The van der Waals surface area contributed by atoms with Gasteiger partial charge in [0.25, 0.3) is 0 Å². The Bertz CT molecular complexity index is 1080. The molecule has 0 spiro atoms. The zero-order valence-electron chi connectivity index (χ0n) is 16.6. The molecule has 1 aliphatic rings. The van der Waals surface area contributed by atoms with Gasteiger partial charge in [0.15, 0.2) is 11.0 Å². The van der Waals surface area contributed by atoms with E-state index in [1.54, 1.807) is 12.1 Å². The molecule has 0 radical (unpaired) electrons. The third-order valence-electron chi connectivity index (χ3n) is 5.52. The molecule has 0 fully saturated rings. The predicted octanol–water partition coefficient (Wildman–Crippen LogP) is 5.17. The molecule has 0 saturated carbocycles. The van der Waals surface area contributed by atoms with Crippen molar-refractivity contribution in [2.45, 2.75) is 51.4 Å². The molecule has 4 nitrogen and oxygen atoms in total. The summed E-state index contributed by atoms with van der Waals surface area (Å²) in [6.07, 6.45) is -3.58. The van der Waals surface area contributed by atoms with Gasteiger partial charge in [0.05, 0.1) is 17.8 Å². The molecule has 0 amide bonds. The summed E-state index contributed by atoms with van der Waals surface area (Å²) < 4.78 is 57.1. The Hall–Kier alpha value is -2.61. The van der Waals surface area contributed by atoms with Crippen molar-refractivity contribution >= 4 is 10.9 Å². The Balaban J connectivity index is 2.05. The number of benzene rings is 1. The summed E-state index contributed by atoms with van der Waals surface area (Å²) in [6.45, 7) is 1.99. The number of pyridine rings is 1. The van der Waals surface area contributed by atoms with Crippen molar-refractivity contribution < 1.29 is 27.8 Å². The lowest BCUT2D eigenvalue weighted by atomic mass is 9.72. The van der Waals surface area contributed by atoms with Gasteiger partial charge in [-0.2, -0.15) is 13.2 Å². The van der Waals surface area contributed by atoms with Gasteiger partial charge in [-0.25, -0.2) is 4.39 Å². The molecule has 2 N–H and O–H groups in total. The molecular formula is C22H23F4NO3. The van der Waals surface area contributed by atoms with Crippen molar-refractivity contribution in [3.05, 3.63) is 70.0 Å². The first kappa shape index (κ1) is 22.1. The number of allylic oxidation sites excluding steroid dienone is 4. The molecule has 1 aromatic heterocycles. The summed E-state index contributed by atoms with van der Waals surface area (Å²) in [7, 11) is 0. The summed E-state index contributed by atoms with van der Waals surface area (Å²) in [6, 6.07) is 7.35. The van der Waals surface area contributed by atoms with Crippen LogP contribution < -0.4 is 5.43 Å². The quantitative estimate of drug-likeness (QED) is 0.650. The minimum atomic E-state index is -5.01. The number of hydrogen-bond acceptors (Lipinski definition) is 3. The molecule has 1 heterocycles. The number of alkyl halides is 3. The van der Waals surface area contributed by atoms with E-state index in [0.717, 1.165) is 12.1 Å². The fraction of sp³-hybridized carbons (Fsp3) is 0.409. The molecule has 1 atom stereocenters. The van der Waals surface area contributed by atoms with Crippen LogP contribution in [-0.4, -0.2) is 26.6 Å². The fourth-order valence-corrected chi connectivity index (χ4v) is 4.02. The van der Waals surface area contributed by atoms with Gasteiger partial charge in [-0.1, -0.05) is 26.0 Å². The molecule has 1 aliphatic carbocycles. The largest absolute Gasteiger partial charge is 0.512 e. The van der Waals surface area contributed by atoms with Crippen LogP contribution in [0.15, 0.2) is 64.6 Å².